The lowest BCUT2D eigenvalue weighted by atomic mass is 9.78. The molecule has 0 aliphatic carbocycles. The molecule has 0 N–H and O–H groups in total. The molecule has 1 rings (SSSR count). The molecule has 0 saturated carbocycles. The number of hydrogen-bond donors (Lipinski definition) is 0. The van der Waals surface area contributed by atoms with Gasteiger partial charge in [0.05, 0.1) is 6.07 Å². The molecule has 1 aromatic rings. The van der Waals surface area contributed by atoms with Gasteiger partial charge in [-0.05, 0) is 32.3 Å². The average molecular weight is 283 g/mol. The number of nitriles is 1. The molecule has 0 bridgehead atoms. The van der Waals surface area contributed by atoms with Gasteiger partial charge in [-0.15, -0.1) is 13.2 Å². The second kappa shape index (κ2) is 7.44. The maximum atomic E-state index is 12.4. The fourth-order valence-electron chi connectivity index (χ4n) is 2.22. The molecule has 0 saturated heterocycles. The lowest BCUT2D eigenvalue weighted by molar-refractivity contribution is -0.153. The third-order valence-electron chi connectivity index (χ3n) is 3.02. The molecule has 0 spiro atoms. The van der Waals surface area contributed by atoms with Crippen LogP contribution in [0.3, 0.4) is 0 Å². The zero-order chi connectivity index (χ0) is 15.9. The SMILES string of the molecule is C=C(C)CC(C#N)(CC(=C)C)C(=O)OCc1ccccc1. The topological polar surface area (TPSA) is 50.1 Å². The Balaban J connectivity index is 2.87. The van der Waals surface area contributed by atoms with Gasteiger partial charge < -0.3 is 4.74 Å². The Morgan fingerprint density at radius 1 is 1.19 bits per heavy atom. The molecule has 21 heavy (non-hydrogen) atoms. The molecule has 0 atom stereocenters. The Morgan fingerprint density at radius 2 is 1.71 bits per heavy atom. The number of carbonyl (C=O) groups excluding carboxylic acids is 1. The lowest BCUT2D eigenvalue weighted by Crippen LogP contribution is -2.32. The molecule has 0 unspecified atom stereocenters. The van der Waals surface area contributed by atoms with Crippen LogP contribution in [0, 0.1) is 16.7 Å². The first kappa shape index (κ1) is 16.7. The first-order valence-corrected chi connectivity index (χ1v) is 6.81. The summed E-state index contributed by atoms with van der Waals surface area (Å²) in [6.45, 7) is 11.4. The minimum Gasteiger partial charge on any atom is -0.460 e. The number of ether oxygens (including phenoxy) is 1. The highest BCUT2D eigenvalue weighted by Crippen LogP contribution is 2.33. The maximum Gasteiger partial charge on any atom is 0.327 e. The predicted octanol–water partition coefficient (Wildman–Crippen LogP) is 4.17. The van der Waals surface area contributed by atoms with Crippen LogP contribution in [0.5, 0.6) is 0 Å². The summed E-state index contributed by atoms with van der Waals surface area (Å²) >= 11 is 0. The van der Waals surface area contributed by atoms with Gasteiger partial charge in [0.1, 0.15) is 6.61 Å². The highest BCUT2D eigenvalue weighted by Gasteiger charge is 2.40. The highest BCUT2D eigenvalue weighted by atomic mass is 16.5. The van der Waals surface area contributed by atoms with Gasteiger partial charge in [0.15, 0.2) is 5.41 Å². The molecule has 3 nitrogen and oxygen atoms in total. The van der Waals surface area contributed by atoms with Crippen LogP contribution in [0.25, 0.3) is 0 Å². The van der Waals surface area contributed by atoms with E-state index < -0.39 is 11.4 Å². The van der Waals surface area contributed by atoms with Gasteiger partial charge in [0.25, 0.3) is 0 Å². The van der Waals surface area contributed by atoms with E-state index in [1.165, 1.54) is 0 Å². The molecule has 0 aromatic heterocycles. The van der Waals surface area contributed by atoms with E-state index in [-0.39, 0.29) is 19.4 Å². The number of esters is 1. The fraction of sp³-hybridized carbons (Fsp3) is 0.333. The van der Waals surface area contributed by atoms with Crippen LogP contribution < -0.4 is 0 Å². The summed E-state index contributed by atoms with van der Waals surface area (Å²) in [5.41, 5.74) is 1.21. The fourth-order valence-corrected chi connectivity index (χ4v) is 2.22. The zero-order valence-corrected chi connectivity index (χ0v) is 12.7. The molecular weight excluding hydrogens is 262 g/mol. The Kier molecular flexibility index (Phi) is 5.92. The minimum absolute atomic E-state index is 0.162. The maximum absolute atomic E-state index is 12.4. The number of benzene rings is 1. The molecule has 0 radical (unpaired) electrons. The first-order valence-electron chi connectivity index (χ1n) is 6.81. The van der Waals surface area contributed by atoms with Crippen LogP contribution in [-0.4, -0.2) is 5.97 Å². The van der Waals surface area contributed by atoms with Crippen LogP contribution in [0.2, 0.25) is 0 Å². The van der Waals surface area contributed by atoms with Gasteiger partial charge >= 0.3 is 5.97 Å². The molecule has 0 aliphatic heterocycles. The van der Waals surface area contributed by atoms with Crippen molar-refractivity contribution in [2.75, 3.05) is 0 Å². The summed E-state index contributed by atoms with van der Waals surface area (Å²) < 4.78 is 5.34. The number of hydrogen-bond acceptors (Lipinski definition) is 3. The van der Waals surface area contributed by atoms with Crippen molar-refractivity contribution in [3.05, 3.63) is 60.2 Å². The van der Waals surface area contributed by atoms with E-state index in [9.17, 15) is 10.1 Å². The van der Waals surface area contributed by atoms with E-state index in [0.717, 1.165) is 16.7 Å². The molecule has 1 aromatic carbocycles. The van der Waals surface area contributed by atoms with E-state index in [4.69, 9.17) is 4.74 Å². The predicted molar refractivity (Wildman–Crippen MR) is 83.1 cm³/mol. The van der Waals surface area contributed by atoms with Gasteiger partial charge in [0, 0.05) is 0 Å². The summed E-state index contributed by atoms with van der Waals surface area (Å²) in [4.78, 5) is 12.4. The molecule has 3 heteroatoms. The van der Waals surface area contributed by atoms with Crippen molar-refractivity contribution in [1.82, 2.24) is 0 Å². The summed E-state index contributed by atoms with van der Waals surface area (Å²) in [6.07, 6.45) is 0.563. The number of allylic oxidation sites excluding steroid dienone is 2. The standard InChI is InChI=1S/C18H21NO2/c1-14(2)10-18(13-19,11-15(3)4)17(20)21-12-16-8-6-5-7-9-16/h5-9H,1,3,10-12H2,2,4H3. The summed E-state index contributed by atoms with van der Waals surface area (Å²) in [5.74, 6) is -0.514. The summed E-state index contributed by atoms with van der Waals surface area (Å²) in [7, 11) is 0. The number of rotatable bonds is 7. The van der Waals surface area contributed by atoms with Crippen molar-refractivity contribution in [1.29, 1.82) is 5.26 Å². The van der Waals surface area contributed by atoms with E-state index in [2.05, 4.69) is 19.2 Å². The highest BCUT2D eigenvalue weighted by molar-refractivity contribution is 5.81. The van der Waals surface area contributed by atoms with Gasteiger partial charge in [-0.1, -0.05) is 41.5 Å². The quantitative estimate of drug-likeness (QED) is 0.557. The van der Waals surface area contributed by atoms with Crippen LogP contribution in [0.15, 0.2) is 54.6 Å². The number of carbonyl (C=O) groups is 1. The lowest BCUT2D eigenvalue weighted by Gasteiger charge is -2.25. The third-order valence-corrected chi connectivity index (χ3v) is 3.02. The molecule has 110 valence electrons. The van der Waals surface area contributed by atoms with Crippen molar-refractivity contribution in [2.45, 2.75) is 33.3 Å². The monoisotopic (exact) mass is 283 g/mol. The molecule has 0 fully saturated rings. The van der Waals surface area contributed by atoms with Crippen LogP contribution >= 0.6 is 0 Å². The van der Waals surface area contributed by atoms with E-state index >= 15 is 0 Å². The molecule has 0 amide bonds. The Labute approximate surface area is 126 Å². The number of nitrogens with zero attached hydrogens (tertiary/aromatic N) is 1. The van der Waals surface area contributed by atoms with Crippen molar-refractivity contribution < 1.29 is 9.53 Å². The van der Waals surface area contributed by atoms with Gasteiger partial charge in [0.2, 0.25) is 0 Å². The van der Waals surface area contributed by atoms with Crippen molar-refractivity contribution in [2.24, 2.45) is 5.41 Å². The largest absolute Gasteiger partial charge is 0.460 e. The average Bonchev–Trinajstić information content (AvgIpc) is 2.44. The molecular formula is C18H21NO2. The van der Waals surface area contributed by atoms with Crippen LogP contribution in [-0.2, 0) is 16.1 Å². The van der Waals surface area contributed by atoms with E-state index in [1.54, 1.807) is 13.8 Å². The molecule has 0 aliphatic rings. The van der Waals surface area contributed by atoms with Gasteiger partial charge in [-0.25, -0.2) is 0 Å². The smallest absolute Gasteiger partial charge is 0.327 e. The third kappa shape index (κ3) is 4.92. The van der Waals surface area contributed by atoms with E-state index in [0.29, 0.717) is 0 Å². The minimum atomic E-state index is -1.23. The second-order valence-corrected chi connectivity index (χ2v) is 5.52. The summed E-state index contributed by atoms with van der Waals surface area (Å²) in [5, 5.41) is 9.51. The first-order chi connectivity index (χ1) is 9.89. The van der Waals surface area contributed by atoms with Crippen molar-refractivity contribution in [3.8, 4) is 6.07 Å². The summed E-state index contributed by atoms with van der Waals surface area (Å²) in [6, 6.07) is 11.5. The van der Waals surface area contributed by atoms with E-state index in [1.807, 2.05) is 30.3 Å². The second-order valence-electron chi connectivity index (χ2n) is 5.52. The molecule has 0 heterocycles. The van der Waals surface area contributed by atoms with Gasteiger partial charge in [-0.3, -0.25) is 4.79 Å². The van der Waals surface area contributed by atoms with Crippen LogP contribution in [0.4, 0.5) is 0 Å². The van der Waals surface area contributed by atoms with Crippen molar-refractivity contribution in [3.63, 3.8) is 0 Å². The van der Waals surface area contributed by atoms with Gasteiger partial charge in [-0.2, -0.15) is 5.26 Å². The van der Waals surface area contributed by atoms with Crippen LogP contribution in [0.1, 0.15) is 32.3 Å². The Hall–Kier alpha value is -2.34. The Bertz CT molecular complexity index is 551. The van der Waals surface area contributed by atoms with Crippen molar-refractivity contribution >= 4 is 5.97 Å². The zero-order valence-electron chi connectivity index (χ0n) is 12.7. The Morgan fingerprint density at radius 3 is 2.14 bits per heavy atom. The normalized spacial score (nSPS) is 10.5.